The van der Waals surface area contributed by atoms with Gasteiger partial charge in [-0.1, -0.05) is 35.9 Å². The predicted octanol–water partition coefficient (Wildman–Crippen LogP) is 3.20. The van der Waals surface area contributed by atoms with Crippen LogP contribution in [0.3, 0.4) is 0 Å². The highest BCUT2D eigenvalue weighted by Gasteiger charge is 2.28. The van der Waals surface area contributed by atoms with Gasteiger partial charge in [-0.05, 0) is 48.4 Å². The summed E-state index contributed by atoms with van der Waals surface area (Å²) in [6.07, 6.45) is 1.59. The Balaban J connectivity index is 1.35. The minimum Gasteiger partial charge on any atom is -0.492 e. The molecule has 1 fully saturated rings. The Hall–Kier alpha value is -2.37. The van der Waals surface area contributed by atoms with Gasteiger partial charge in [0.05, 0.1) is 6.54 Å². The molecule has 3 rings (SSSR count). The number of carbonyl (C=O) groups excluding carboxylic acids is 2. The Labute approximate surface area is 164 Å². The largest absolute Gasteiger partial charge is 0.492 e. The maximum atomic E-state index is 11.5. The monoisotopic (exact) mass is 386 g/mol. The summed E-state index contributed by atoms with van der Waals surface area (Å²) >= 11 is 5.89. The van der Waals surface area contributed by atoms with Gasteiger partial charge in [-0.25, -0.2) is 0 Å². The average molecular weight is 387 g/mol. The fourth-order valence-electron chi connectivity index (χ4n) is 2.95. The van der Waals surface area contributed by atoms with E-state index < -0.39 is 0 Å². The lowest BCUT2D eigenvalue weighted by molar-refractivity contribution is -0.138. The number of benzene rings is 2. The van der Waals surface area contributed by atoms with Crippen LogP contribution < -0.4 is 10.1 Å². The van der Waals surface area contributed by atoms with Crippen LogP contribution in [0.1, 0.15) is 24.0 Å². The van der Waals surface area contributed by atoms with E-state index in [1.54, 1.807) is 0 Å². The summed E-state index contributed by atoms with van der Waals surface area (Å²) in [5.74, 6) is 0.520. The van der Waals surface area contributed by atoms with Crippen molar-refractivity contribution in [3.05, 3.63) is 64.7 Å². The molecule has 0 bridgehead atoms. The molecule has 27 heavy (non-hydrogen) atoms. The van der Waals surface area contributed by atoms with Gasteiger partial charge in [-0.2, -0.15) is 0 Å². The molecule has 1 aliphatic heterocycles. The summed E-state index contributed by atoms with van der Waals surface area (Å²) in [6, 6.07) is 15.7. The summed E-state index contributed by atoms with van der Waals surface area (Å²) in [5, 5.41) is 4.18. The number of halogens is 1. The fourth-order valence-corrected chi connectivity index (χ4v) is 3.07. The lowest BCUT2D eigenvalue weighted by Gasteiger charge is -2.14. The number of likely N-dealkylation sites (tertiary alicyclic amines) is 1. The molecular weight excluding hydrogens is 364 g/mol. The van der Waals surface area contributed by atoms with Gasteiger partial charge in [-0.15, -0.1) is 0 Å². The van der Waals surface area contributed by atoms with Gasteiger partial charge in [0.15, 0.2) is 0 Å². The first-order valence-corrected chi connectivity index (χ1v) is 9.50. The molecule has 5 nitrogen and oxygen atoms in total. The van der Waals surface area contributed by atoms with Gasteiger partial charge >= 0.3 is 0 Å². The number of imide groups is 1. The highest BCUT2D eigenvalue weighted by atomic mass is 35.5. The van der Waals surface area contributed by atoms with Crippen LogP contribution in [-0.4, -0.2) is 36.4 Å². The van der Waals surface area contributed by atoms with Crippen LogP contribution in [0.25, 0.3) is 0 Å². The average Bonchev–Trinajstić information content (AvgIpc) is 3.00. The second-order valence-corrected chi connectivity index (χ2v) is 6.92. The maximum Gasteiger partial charge on any atom is 0.229 e. The van der Waals surface area contributed by atoms with Crippen LogP contribution in [0.2, 0.25) is 5.02 Å². The molecule has 0 radical (unpaired) electrons. The molecule has 1 N–H and O–H groups in total. The highest BCUT2D eigenvalue weighted by Crippen LogP contribution is 2.14. The number of hydrogen-bond acceptors (Lipinski definition) is 4. The zero-order valence-corrected chi connectivity index (χ0v) is 15.9. The fraction of sp³-hybridized carbons (Fsp3) is 0.333. The first kappa shape index (κ1) is 19.4. The van der Waals surface area contributed by atoms with E-state index >= 15 is 0 Å². The maximum absolute atomic E-state index is 11.5. The van der Waals surface area contributed by atoms with Crippen LogP contribution in [0.15, 0.2) is 48.5 Å². The Bertz CT molecular complexity index is 759. The molecule has 0 aliphatic carbocycles. The molecule has 1 heterocycles. The third-order valence-corrected chi connectivity index (χ3v) is 4.75. The molecule has 0 spiro atoms. The number of ether oxygens (including phenoxy) is 1. The first-order chi connectivity index (χ1) is 13.1. The van der Waals surface area contributed by atoms with E-state index in [1.165, 1.54) is 16.0 Å². The molecule has 2 aromatic carbocycles. The van der Waals surface area contributed by atoms with Crippen molar-refractivity contribution >= 4 is 23.4 Å². The number of hydrogen-bond donors (Lipinski definition) is 1. The van der Waals surface area contributed by atoms with Gasteiger partial charge in [-0.3, -0.25) is 14.5 Å². The summed E-state index contributed by atoms with van der Waals surface area (Å²) in [7, 11) is 0. The van der Waals surface area contributed by atoms with Crippen LogP contribution in [-0.2, 0) is 22.6 Å². The van der Waals surface area contributed by atoms with Crippen molar-refractivity contribution in [1.29, 1.82) is 0 Å². The van der Waals surface area contributed by atoms with E-state index in [9.17, 15) is 9.59 Å². The predicted molar refractivity (Wildman–Crippen MR) is 105 cm³/mol. The standard InChI is InChI=1S/C21H23ClN2O3/c22-18-5-1-16(2-6-18)11-12-23-15-17-3-7-19(8-4-17)27-14-13-24-20(25)9-10-21(24)26/h1-8,23H,9-15H2. The number of nitrogens with zero attached hydrogens (tertiary/aromatic N) is 1. The van der Waals surface area contributed by atoms with Crippen molar-refractivity contribution in [3.8, 4) is 5.75 Å². The SMILES string of the molecule is O=C1CCC(=O)N1CCOc1ccc(CNCCc2ccc(Cl)cc2)cc1. The molecule has 1 saturated heterocycles. The zero-order chi connectivity index (χ0) is 19.1. The van der Waals surface area contributed by atoms with E-state index in [0.29, 0.717) is 26.0 Å². The summed E-state index contributed by atoms with van der Waals surface area (Å²) in [4.78, 5) is 24.4. The summed E-state index contributed by atoms with van der Waals surface area (Å²) in [6.45, 7) is 2.30. The Morgan fingerprint density at radius 2 is 1.56 bits per heavy atom. The van der Waals surface area contributed by atoms with E-state index in [2.05, 4.69) is 5.32 Å². The Morgan fingerprint density at radius 1 is 0.926 bits per heavy atom. The number of rotatable bonds is 9. The summed E-state index contributed by atoms with van der Waals surface area (Å²) < 4.78 is 5.64. The van der Waals surface area contributed by atoms with Gasteiger partial charge in [0.1, 0.15) is 12.4 Å². The molecule has 142 valence electrons. The minimum absolute atomic E-state index is 0.108. The van der Waals surface area contributed by atoms with E-state index in [0.717, 1.165) is 30.3 Å². The molecule has 2 aromatic rings. The molecule has 0 unspecified atom stereocenters. The van der Waals surface area contributed by atoms with Crippen LogP contribution in [0.4, 0.5) is 0 Å². The minimum atomic E-state index is -0.108. The van der Waals surface area contributed by atoms with Crippen LogP contribution in [0, 0.1) is 0 Å². The van der Waals surface area contributed by atoms with Gasteiger partial charge < -0.3 is 10.1 Å². The third kappa shape index (κ3) is 5.81. The molecule has 1 aliphatic rings. The van der Waals surface area contributed by atoms with Crippen molar-refractivity contribution in [2.75, 3.05) is 19.7 Å². The van der Waals surface area contributed by atoms with E-state index in [-0.39, 0.29) is 11.8 Å². The summed E-state index contributed by atoms with van der Waals surface area (Å²) in [5.41, 5.74) is 2.42. The zero-order valence-electron chi connectivity index (χ0n) is 15.1. The Kier molecular flexibility index (Phi) is 6.85. The van der Waals surface area contributed by atoms with Crippen LogP contribution >= 0.6 is 11.6 Å². The number of amides is 2. The quantitative estimate of drug-likeness (QED) is 0.531. The third-order valence-electron chi connectivity index (χ3n) is 4.49. The van der Waals surface area contributed by atoms with Gasteiger partial charge in [0.25, 0.3) is 0 Å². The van der Waals surface area contributed by atoms with Crippen molar-refractivity contribution in [1.82, 2.24) is 10.2 Å². The van der Waals surface area contributed by atoms with Gasteiger partial charge in [0, 0.05) is 24.4 Å². The van der Waals surface area contributed by atoms with Crippen molar-refractivity contribution in [3.63, 3.8) is 0 Å². The van der Waals surface area contributed by atoms with Crippen molar-refractivity contribution in [2.24, 2.45) is 0 Å². The Morgan fingerprint density at radius 3 is 2.22 bits per heavy atom. The number of carbonyl (C=O) groups is 2. The highest BCUT2D eigenvalue weighted by molar-refractivity contribution is 6.30. The van der Waals surface area contributed by atoms with Gasteiger partial charge in [0.2, 0.25) is 11.8 Å². The normalized spacial score (nSPS) is 14.0. The second kappa shape index (κ2) is 9.53. The van der Waals surface area contributed by atoms with E-state index in [1.807, 2.05) is 48.5 Å². The molecule has 0 saturated carbocycles. The molecule has 0 atom stereocenters. The van der Waals surface area contributed by atoms with Crippen LogP contribution in [0.5, 0.6) is 5.75 Å². The van der Waals surface area contributed by atoms with Crippen molar-refractivity contribution in [2.45, 2.75) is 25.8 Å². The molecule has 0 aromatic heterocycles. The molecule has 2 amide bonds. The topological polar surface area (TPSA) is 58.6 Å². The molecular formula is C21H23ClN2O3. The number of nitrogens with one attached hydrogen (secondary N) is 1. The smallest absolute Gasteiger partial charge is 0.229 e. The first-order valence-electron chi connectivity index (χ1n) is 9.12. The van der Waals surface area contributed by atoms with Crippen molar-refractivity contribution < 1.29 is 14.3 Å². The van der Waals surface area contributed by atoms with E-state index in [4.69, 9.17) is 16.3 Å². The lowest BCUT2D eigenvalue weighted by Crippen LogP contribution is -2.33. The lowest BCUT2D eigenvalue weighted by atomic mass is 10.1. The second-order valence-electron chi connectivity index (χ2n) is 6.48. The molecule has 6 heteroatoms.